The molecule has 0 bridgehead atoms. The number of esters is 1. The van der Waals surface area contributed by atoms with Crippen molar-refractivity contribution < 1.29 is 14.3 Å². The first-order valence-electron chi connectivity index (χ1n) is 6.33. The fraction of sp³-hybridized carbons (Fsp3) is 0.643. The summed E-state index contributed by atoms with van der Waals surface area (Å²) in [5.41, 5.74) is -0.968. The molecule has 1 aliphatic rings. The van der Waals surface area contributed by atoms with E-state index in [1.165, 1.54) is 0 Å². The Balaban J connectivity index is 2.58. The smallest absolute Gasteiger partial charge is 0.320 e. The lowest BCUT2D eigenvalue weighted by atomic mass is 9.93. The molecule has 0 saturated heterocycles. The van der Waals surface area contributed by atoms with Gasteiger partial charge in [0.15, 0.2) is 5.78 Å². The average molecular weight is 249 g/mol. The summed E-state index contributed by atoms with van der Waals surface area (Å²) in [5.74, 6) is -0.566. The van der Waals surface area contributed by atoms with E-state index in [0.717, 1.165) is 0 Å². The topological polar surface area (TPSA) is 67.2 Å². The molecule has 0 radical (unpaired) electrons. The van der Waals surface area contributed by atoms with Crippen molar-refractivity contribution in [2.24, 2.45) is 11.3 Å². The van der Waals surface area contributed by atoms with Gasteiger partial charge in [-0.25, -0.2) is 0 Å². The molecule has 18 heavy (non-hydrogen) atoms. The molecule has 0 aliphatic heterocycles. The van der Waals surface area contributed by atoms with Gasteiger partial charge in [0.1, 0.15) is 5.41 Å². The molecule has 0 aromatic carbocycles. The van der Waals surface area contributed by atoms with Crippen LogP contribution in [0.1, 0.15) is 39.0 Å². The number of allylic oxidation sites excluding steroid dienone is 1. The Morgan fingerprint density at radius 3 is 2.78 bits per heavy atom. The normalized spacial score (nSPS) is 25.0. The number of rotatable bonds is 8. The summed E-state index contributed by atoms with van der Waals surface area (Å²) in [5, 5.41) is 8.42. The lowest BCUT2D eigenvalue weighted by Crippen LogP contribution is -2.29. The van der Waals surface area contributed by atoms with Crippen LogP contribution < -0.4 is 0 Å². The van der Waals surface area contributed by atoms with Crippen LogP contribution >= 0.6 is 0 Å². The van der Waals surface area contributed by atoms with E-state index in [0.29, 0.717) is 32.1 Å². The second-order valence-electron chi connectivity index (χ2n) is 4.53. The Morgan fingerprint density at radius 1 is 1.56 bits per heavy atom. The molecule has 0 heterocycles. The van der Waals surface area contributed by atoms with Crippen molar-refractivity contribution in [3.05, 3.63) is 12.7 Å². The number of nitrogens with zero attached hydrogens (tertiary/aromatic N) is 1. The van der Waals surface area contributed by atoms with Crippen LogP contribution in [-0.4, -0.2) is 18.4 Å². The number of Topliss-reactive ketones (excluding diaryl/α,β-unsaturated/α-hetero) is 1. The fourth-order valence-corrected chi connectivity index (χ4v) is 2.21. The van der Waals surface area contributed by atoms with E-state index in [1.807, 2.05) is 6.07 Å². The molecule has 4 heteroatoms. The molecule has 1 fully saturated rings. The van der Waals surface area contributed by atoms with E-state index in [9.17, 15) is 9.59 Å². The van der Waals surface area contributed by atoms with Gasteiger partial charge < -0.3 is 4.74 Å². The van der Waals surface area contributed by atoms with Gasteiger partial charge in [0.05, 0.1) is 12.7 Å². The van der Waals surface area contributed by atoms with Gasteiger partial charge in [0.25, 0.3) is 0 Å². The minimum absolute atomic E-state index is 0.0659. The molecular formula is C14H19NO3. The summed E-state index contributed by atoms with van der Waals surface area (Å²) >= 11 is 0. The number of ether oxygens (including phenoxy) is 1. The Morgan fingerprint density at radius 2 is 2.28 bits per heavy atom. The molecule has 2 atom stereocenters. The average Bonchev–Trinajstić information content (AvgIpc) is 3.10. The van der Waals surface area contributed by atoms with E-state index in [4.69, 9.17) is 10.00 Å². The lowest BCUT2D eigenvalue weighted by molar-refractivity contribution is -0.154. The Bertz CT molecular complexity index is 383. The second kappa shape index (κ2) is 6.34. The van der Waals surface area contributed by atoms with Crippen LogP contribution in [0.4, 0.5) is 0 Å². The molecule has 2 unspecified atom stereocenters. The van der Waals surface area contributed by atoms with Gasteiger partial charge in [-0.2, -0.15) is 5.26 Å². The highest BCUT2D eigenvalue weighted by atomic mass is 16.5. The van der Waals surface area contributed by atoms with Crippen LogP contribution in [0.15, 0.2) is 12.7 Å². The van der Waals surface area contributed by atoms with Gasteiger partial charge in [-0.3, -0.25) is 9.59 Å². The quantitative estimate of drug-likeness (QED) is 0.287. The zero-order chi connectivity index (χ0) is 13.6. The summed E-state index contributed by atoms with van der Waals surface area (Å²) in [6.07, 6.45) is 4.31. The molecule has 1 aliphatic carbocycles. The highest BCUT2D eigenvalue weighted by Gasteiger charge is 2.64. The van der Waals surface area contributed by atoms with Crippen molar-refractivity contribution in [1.29, 1.82) is 5.26 Å². The van der Waals surface area contributed by atoms with Crippen LogP contribution in [0.5, 0.6) is 0 Å². The van der Waals surface area contributed by atoms with Crippen molar-refractivity contribution in [3.8, 4) is 6.07 Å². The number of unbranched alkanes of at least 4 members (excludes halogenated alkanes) is 2. The fourth-order valence-electron chi connectivity index (χ4n) is 2.21. The molecule has 98 valence electrons. The van der Waals surface area contributed by atoms with Gasteiger partial charge in [0.2, 0.25) is 0 Å². The highest BCUT2D eigenvalue weighted by Crippen LogP contribution is 2.55. The monoisotopic (exact) mass is 249 g/mol. The van der Waals surface area contributed by atoms with Crippen LogP contribution in [0.25, 0.3) is 0 Å². The summed E-state index contributed by atoms with van der Waals surface area (Å²) < 4.78 is 4.99. The van der Waals surface area contributed by atoms with E-state index in [1.54, 1.807) is 13.0 Å². The molecule has 0 aromatic heterocycles. The number of nitriles is 1. The van der Waals surface area contributed by atoms with Crippen molar-refractivity contribution in [3.63, 3.8) is 0 Å². The zero-order valence-corrected chi connectivity index (χ0v) is 10.8. The van der Waals surface area contributed by atoms with Crippen LogP contribution in [0.3, 0.4) is 0 Å². The maximum absolute atomic E-state index is 12.1. The van der Waals surface area contributed by atoms with Gasteiger partial charge >= 0.3 is 5.97 Å². The molecule has 1 saturated carbocycles. The van der Waals surface area contributed by atoms with Crippen LogP contribution in [-0.2, 0) is 14.3 Å². The molecule has 1 rings (SSSR count). The minimum atomic E-state index is -0.968. The molecule has 0 amide bonds. The molecule has 0 aromatic rings. The van der Waals surface area contributed by atoms with Crippen molar-refractivity contribution in [2.75, 3.05) is 6.61 Å². The number of carbonyl (C=O) groups excluding carboxylic acids is 2. The maximum atomic E-state index is 12.1. The summed E-state index contributed by atoms with van der Waals surface area (Å²) in [6.45, 7) is 5.66. The van der Waals surface area contributed by atoms with Crippen LogP contribution in [0.2, 0.25) is 0 Å². The molecule has 0 N–H and O–H groups in total. The summed E-state index contributed by atoms with van der Waals surface area (Å²) in [7, 11) is 0. The van der Waals surface area contributed by atoms with Crippen molar-refractivity contribution >= 4 is 11.8 Å². The third-order valence-electron chi connectivity index (χ3n) is 3.38. The summed E-state index contributed by atoms with van der Waals surface area (Å²) in [4.78, 5) is 24.0. The van der Waals surface area contributed by atoms with E-state index in [2.05, 4.69) is 6.58 Å². The predicted octanol–water partition coefficient (Wildman–Crippen LogP) is 2.39. The molecular weight excluding hydrogens is 230 g/mol. The van der Waals surface area contributed by atoms with Gasteiger partial charge in [0, 0.05) is 18.8 Å². The zero-order valence-electron chi connectivity index (χ0n) is 10.8. The number of carbonyl (C=O) groups is 2. The Hall–Kier alpha value is -1.63. The molecule has 0 spiro atoms. The number of hydrogen-bond acceptors (Lipinski definition) is 4. The standard InChI is InChI=1S/C14H19NO3/c1-3-11-10-14(11,13(17)18-4-2)12(16)8-6-5-7-9-15/h3,11H,1,4-8,10H2,2H3. The van der Waals surface area contributed by atoms with Gasteiger partial charge in [-0.15, -0.1) is 6.58 Å². The van der Waals surface area contributed by atoms with Crippen molar-refractivity contribution in [2.45, 2.75) is 39.0 Å². The number of hydrogen-bond donors (Lipinski definition) is 0. The van der Waals surface area contributed by atoms with Gasteiger partial charge in [-0.1, -0.05) is 6.08 Å². The predicted molar refractivity (Wildman–Crippen MR) is 66.5 cm³/mol. The maximum Gasteiger partial charge on any atom is 0.320 e. The van der Waals surface area contributed by atoms with E-state index < -0.39 is 11.4 Å². The largest absolute Gasteiger partial charge is 0.465 e. The second-order valence-corrected chi connectivity index (χ2v) is 4.53. The summed E-state index contributed by atoms with van der Waals surface area (Å²) in [6, 6.07) is 2.04. The molecule has 4 nitrogen and oxygen atoms in total. The minimum Gasteiger partial charge on any atom is -0.465 e. The Kier molecular flexibility index (Phi) is 5.08. The van der Waals surface area contributed by atoms with E-state index >= 15 is 0 Å². The first-order chi connectivity index (χ1) is 8.63. The van der Waals surface area contributed by atoms with Crippen LogP contribution in [0, 0.1) is 22.7 Å². The lowest BCUT2D eigenvalue weighted by Gasteiger charge is -2.13. The SMILES string of the molecule is C=CC1CC1(C(=O)CCCCC#N)C(=O)OCC. The first kappa shape index (κ1) is 14.4. The van der Waals surface area contributed by atoms with E-state index in [-0.39, 0.29) is 18.3 Å². The Labute approximate surface area is 108 Å². The van der Waals surface area contributed by atoms with Crippen molar-refractivity contribution in [1.82, 2.24) is 0 Å². The highest BCUT2D eigenvalue weighted by molar-refractivity contribution is 6.07. The van der Waals surface area contributed by atoms with Gasteiger partial charge in [-0.05, 0) is 26.2 Å². The number of ketones is 1. The third-order valence-corrected chi connectivity index (χ3v) is 3.38. The third kappa shape index (κ3) is 2.79. The first-order valence-corrected chi connectivity index (χ1v) is 6.33.